The molecular weight excluding hydrogens is 314 g/mol. The van der Waals surface area contributed by atoms with Crippen LogP contribution in [0.1, 0.15) is 11.1 Å². The first-order valence-electron chi connectivity index (χ1n) is 6.42. The lowest BCUT2D eigenvalue weighted by Gasteiger charge is -2.31. The molecule has 0 amide bonds. The van der Waals surface area contributed by atoms with Gasteiger partial charge in [-0.1, -0.05) is 35.3 Å². The van der Waals surface area contributed by atoms with E-state index in [9.17, 15) is 14.6 Å². The summed E-state index contributed by atoms with van der Waals surface area (Å²) < 4.78 is 13.4. The van der Waals surface area contributed by atoms with E-state index in [-0.39, 0.29) is 19.6 Å². The van der Waals surface area contributed by atoms with Crippen LogP contribution in [0.3, 0.4) is 0 Å². The molecule has 5 heteroatoms. The zero-order valence-electron chi connectivity index (χ0n) is 11.2. The lowest BCUT2D eigenvalue weighted by Crippen LogP contribution is -2.37. The number of benzene rings is 2. The van der Waals surface area contributed by atoms with Gasteiger partial charge in [0.05, 0.1) is 13.2 Å². The van der Waals surface area contributed by atoms with Crippen LogP contribution in [0.4, 0.5) is 4.39 Å². The Morgan fingerprint density at radius 2 is 1.57 bits per heavy atom. The molecule has 0 atom stereocenters. The Balaban J connectivity index is 2.42. The molecule has 0 aromatic heterocycles. The maximum absolute atomic E-state index is 13.4. The second kappa shape index (κ2) is 6.75. The van der Waals surface area contributed by atoms with Gasteiger partial charge in [0, 0.05) is 15.5 Å². The molecular formula is C16H15Cl2FO2. The van der Waals surface area contributed by atoms with E-state index in [4.69, 9.17) is 23.2 Å². The zero-order chi connectivity index (χ0) is 15.5. The van der Waals surface area contributed by atoms with E-state index < -0.39 is 11.2 Å². The van der Waals surface area contributed by atoms with E-state index in [0.29, 0.717) is 15.6 Å². The lowest BCUT2D eigenvalue weighted by molar-refractivity contribution is 0.116. The molecule has 2 rings (SSSR count). The highest BCUT2D eigenvalue weighted by Crippen LogP contribution is 2.31. The first-order chi connectivity index (χ1) is 10.0. The molecule has 0 heterocycles. The number of hydrogen-bond acceptors (Lipinski definition) is 2. The summed E-state index contributed by atoms with van der Waals surface area (Å²) in [6.07, 6.45) is 0.220. The fraction of sp³-hybridized carbons (Fsp3) is 0.250. The maximum atomic E-state index is 13.4. The highest BCUT2D eigenvalue weighted by Gasteiger charge is 2.32. The summed E-state index contributed by atoms with van der Waals surface area (Å²) in [7, 11) is 0. The molecule has 0 unspecified atom stereocenters. The number of rotatable bonds is 5. The van der Waals surface area contributed by atoms with Crippen molar-refractivity contribution in [1.29, 1.82) is 0 Å². The zero-order valence-corrected chi connectivity index (χ0v) is 12.7. The fourth-order valence-electron chi connectivity index (χ4n) is 2.29. The molecule has 2 aromatic carbocycles. The molecule has 0 saturated carbocycles. The van der Waals surface area contributed by atoms with Crippen LogP contribution in [0.2, 0.25) is 10.0 Å². The van der Waals surface area contributed by atoms with Crippen molar-refractivity contribution in [2.75, 3.05) is 13.2 Å². The van der Waals surface area contributed by atoms with Gasteiger partial charge < -0.3 is 10.2 Å². The molecule has 0 aliphatic carbocycles. The number of aliphatic hydroxyl groups excluding tert-OH is 2. The standard InChI is InChI=1S/C16H15Cl2FO2/c17-13-3-1-12(2-4-13)16(9-20,10-21)8-11-7-14(19)5-6-15(11)18/h1-7,20-21H,8-10H2. The van der Waals surface area contributed by atoms with Gasteiger partial charge in [0.1, 0.15) is 5.82 Å². The Hall–Kier alpha value is -1.13. The minimum atomic E-state index is -0.942. The molecule has 21 heavy (non-hydrogen) atoms. The number of aliphatic hydroxyl groups is 2. The third-order valence-corrected chi connectivity index (χ3v) is 4.22. The van der Waals surface area contributed by atoms with Gasteiger partial charge in [-0.3, -0.25) is 0 Å². The summed E-state index contributed by atoms with van der Waals surface area (Å²) in [5.41, 5.74) is 0.314. The highest BCUT2D eigenvalue weighted by atomic mass is 35.5. The predicted octanol–water partition coefficient (Wildman–Crippen LogP) is 3.60. The second-order valence-electron chi connectivity index (χ2n) is 5.02. The van der Waals surface area contributed by atoms with E-state index in [1.165, 1.54) is 18.2 Å². The van der Waals surface area contributed by atoms with Crippen LogP contribution in [0, 0.1) is 5.82 Å². The van der Waals surface area contributed by atoms with Crippen molar-refractivity contribution >= 4 is 23.2 Å². The van der Waals surface area contributed by atoms with Crippen molar-refractivity contribution in [3.05, 3.63) is 69.5 Å². The molecule has 2 aromatic rings. The SMILES string of the molecule is OCC(CO)(Cc1cc(F)ccc1Cl)c1ccc(Cl)cc1. The van der Waals surface area contributed by atoms with Crippen molar-refractivity contribution in [2.24, 2.45) is 0 Å². The number of hydrogen-bond donors (Lipinski definition) is 2. The summed E-state index contributed by atoms with van der Waals surface area (Å²) in [4.78, 5) is 0. The van der Waals surface area contributed by atoms with E-state index in [1.54, 1.807) is 24.3 Å². The van der Waals surface area contributed by atoms with E-state index in [2.05, 4.69) is 0 Å². The Labute approximate surface area is 132 Å². The third kappa shape index (κ3) is 3.55. The summed E-state index contributed by atoms with van der Waals surface area (Å²) in [6, 6.07) is 10.9. The van der Waals surface area contributed by atoms with Gasteiger partial charge in [0.25, 0.3) is 0 Å². The van der Waals surface area contributed by atoms with Gasteiger partial charge >= 0.3 is 0 Å². The quantitative estimate of drug-likeness (QED) is 0.880. The fourth-order valence-corrected chi connectivity index (χ4v) is 2.60. The first kappa shape index (κ1) is 16.2. The van der Waals surface area contributed by atoms with Crippen LogP contribution in [-0.2, 0) is 11.8 Å². The molecule has 2 nitrogen and oxygen atoms in total. The van der Waals surface area contributed by atoms with Crippen molar-refractivity contribution in [1.82, 2.24) is 0 Å². The van der Waals surface area contributed by atoms with Crippen LogP contribution >= 0.6 is 23.2 Å². The highest BCUT2D eigenvalue weighted by molar-refractivity contribution is 6.31. The average Bonchev–Trinajstić information content (AvgIpc) is 2.49. The van der Waals surface area contributed by atoms with Crippen LogP contribution in [0.25, 0.3) is 0 Å². The molecule has 2 N–H and O–H groups in total. The molecule has 0 aliphatic rings. The van der Waals surface area contributed by atoms with Gasteiger partial charge in [0.2, 0.25) is 0 Å². The topological polar surface area (TPSA) is 40.5 Å². The Kier molecular flexibility index (Phi) is 5.22. The van der Waals surface area contributed by atoms with Gasteiger partial charge in [-0.05, 0) is 47.9 Å². The molecule has 0 aliphatic heterocycles. The molecule has 0 saturated heterocycles. The molecule has 0 spiro atoms. The van der Waals surface area contributed by atoms with E-state index in [1.807, 2.05) is 0 Å². The third-order valence-electron chi connectivity index (χ3n) is 3.60. The summed E-state index contributed by atoms with van der Waals surface area (Å²) in [6.45, 7) is -0.587. The Bertz CT molecular complexity index is 610. The first-order valence-corrected chi connectivity index (χ1v) is 7.18. The smallest absolute Gasteiger partial charge is 0.123 e. The number of halogens is 3. The Morgan fingerprint density at radius 3 is 2.14 bits per heavy atom. The van der Waals surface area contributed by atoms with Gasteiger partial charge in [-0.25, -0.2) is 4.39 Å². The normalized spacial score (nSPS) is 11.7. The predicted molar refractivity (Wildman–Crippen MR) is 82.4 cm³/mol. The van der Waals surface area contributed by atoms with Crippen molar-refractivity contribution in [2.45, 2.75) is 11.8 Å². The molecule has 0 radical (unpaired) electrons. The molecule has 0 bridgehead atoms. The van der Waals surface area contributed by atoms with Crippen LogP contribution in [0.5, 0.6) is 0 Å². The molecule has 0 fully saturated rings. The summed E-state index contributed by atoms with van der Waals surface area (Å²) in [5.74, 6) is -0.407. The van der Waals surface area contributed by atoms with Crippen molar-refractivity contribution in [3.8, 4) is 0 Å². The summed E-state index contributed by atoms with van der Waals surface area (Å²) >= 11 is 11.9. The van der Waals surface area contributed by atoms with Gasteiger partial charge in [-0.2, -0.15) is 0 Å². The monoisotopic (exact) mass is 328 g/mol. The van der Waals surface area contributed by atoms with Crippen molar-refractivity contribution < 1.29 is 14.6 Å². The minimum Gasteiger partial charge on any atom is -0.395 e. The van der Waals surface area contributed by atoms with Crippen LogP contribution < -0.4 is 0 Å². The van der Waals surface area contributed by atoms with Crippen molar-refractivity contribution in [3.63, 3.8) is 0 Å². The Morgan fingerprint density at radius 1 is 0.952 bits per heavy atom. The minimum absolute atomic E-state index is 0.220. The van der Waals surface area contributed by atoms with Crippen LogP contribution in [0.15, 0.2) is 42.5 Å². The van der Waals surface area contributed by atoms with E-state index in [0.717, 1.165) is 5.56 Å². The van der Waals surface area contributed by atoms with Gasteiger partial charge in [-0.15, -0.1) is 0 Å². The largest absolute Gasteiger partial charge is 0.395 e. The van der Waals surface area contributed by atoms with Gasteiger partial charge in [0.15, 0.2) is 0 Å². The maximum Gasteiger partial charge on any atom is 0.123 e. The second-order valence-corrected chi connectivity index (χ2v) is 5.86. The summed E-state index contributed by atoms with van der Waals surface area (Å²) in [5, 5.41) is 20.5. The lowest BCUT2D eigenvalue weighted by atomic mass is 9.77. The van der Waals surface area contributed by atoms with Crippen LogP contribution in [-0.4, -0.2) is 23.4 Å². The average molecular weight is 329 g/mol. The van der Waals surface area contributed by atoms with E-state index >= 15 is 0 Å². The molecule has 112 valence electrons.